The molecule has 0 rings (SSSR count). The van der Waals surface area contributed by atoms with Gasteiger partial charge in [0.25, 0.3) is 10.1 Å². The van der Waals surface area contributed by atoms with Crippen LogP contribution in [0.4, 0.5) is 0 Å². The van der Waals surface area contributed by atoms with Crippen LogP contribution in [0.5, 0.6) is 0 Å². The van der Waals surface area contributed by atoms with Gasteiger partial charge in [0.05, 0.1) is 19.6 Å². The predicted molar refractivity (Wildman–Crippen MR) is 92.9 cm³/mol. The molecule has 0 aromatic heterocycles. The van der Waals surface area contributed by atoms with Crippen LogP contribution in [-0.2, 0) is 39.6 Å². The SMILES string of the molecule is CC(C)COC(=O)CC(C(=O)OCC(C)C)S(=O)(=O)O.O=S(=O)(O)O.[NaH]. The molecule has 1 unspecified atom stereocenters. The number of hydrogen-bond donors (Lipinski definition) is 3. The summed E-state index contributed by atoms with van der Waals surface area (Å²) in [5.74, 6) is -1.93. The van der Waals surface area contributed by atoms with E-state index in [9.17, 15) is 18.0 Å². The van der Waals surface area contributed by atoms with E-state index in [4.69, 9.17) is 31.5 Å². The molecule has 3 N–H and O–H groups in total. The first kappa shape index (κ1) is 30.4. The molecule has 0 heterocycles. The van der Waals surface area contributed by atoms with E-state index in [2.05, 4.69) is 0 Å². The molecule has 0 fully saturated rings. The molecule has 0 aliphatic heterocycles. The molecular formula is C12H25NaO11S2. The Bertz CT molecular complexity index is 618. The van der Waals surface area contributed by atoms with Crippen molar-refractivity contribution in [3.8, 4) is 0 Å². The first-order valence-corrected chi connectivity index (χ1v) is 9.92. The van der Waals surface area contributed by atoms with Crippen molar-refractivity contribution in [2.45, 2.75) is 39.4 Å². The molecule has 11 nitrogen and oxygen atoms in total. The topological polar surface area (TPSA) is 182 Å². The van der Waals surface area contributed by atoms with Crippen LogP contribution in [0.3, 0.4) is 0 Å². The minimum atomic E-state index is -4.72. The number of rotatable bonds is 8. The van der Waals surface area contributed by atoms with Crippen LogP contribution in [0, 0.1) is 11.8 Å². The average Bonchev–Trinajstić information content (AvgIpc) is 2.36. The fourth-order valence-corrected chi connectivity index (χ4v) is 1.78. The number of carbonyl (C=O) groups is 2. The van der Waals surface area contributed by atoms with Gasteiger partial charge in [-0.15, -0.1) is 0 Å². The third kappa shape index (κ3) is 21.8. The number of esters is 2. The van der Waals surface area contributed by atoms with E-state index in [-0.39, 0.29) is 54.6 Å². The van der Waals surface area contributed by atoms with E-state index < -0.39 is 44.1 Å². The standard InChI is InChI=1S/C12H22O7S.Na.H2O4S.H/c1-8(2)6-18-11(13)5-10(20(15,16)17)12(14)19-7-9(3)4;;1-5(2,3)4;/h8-10H,5-7H2,1-4H3,(H,15,16,17);;(H2,1,2,3,4);. The molecule has 0 saturated carbocycles. The Hall–Kier alpha value is -0.280. The van der Waals surface area contributed by atoms with Crippen LogP contribution in [0.25, 0.3) is 0 Å². The van der Waals surface area contributed by atoms with E-state index in [1.54, 1.807) is 13.8 Å². The minimum absolute atomic E-state index is 0. The van der Waals surface area contributed by atoms with Gasteiger partial charge in [-0.05, 0) is 11.8 Å². The van der Waals surface area contributed by atoms with E-state index in [0.29, 0.717) is 0 Å². The van der Waals surface area contributed by atoms with Gasteiger partial charge in [0.2, 0.25) is 0 Å². The summed E-state index contributed by atoms with van der Waals surface area (Å²) in [6.45, 7) is 7.28. The summed E-state index contributed by atoms with van der Waals surface area (Å²) in [6, 6.07) is 0. The monoisotopic (exact) mass is 432 g/mol. The van der Waals surface area contributed by atoms with Crippen molar-refractivity contribution >= 4 is 62.0 Å². The van der Waals surface area contributed by atoms with Crippen molar-refractivity contribution in [2.24, 2.45) is 11.8 Å². The van der Waals surface area contributed by atoms with Gasteiger partial charge in [-0.3, -0.25) is 23.2 Å². The Labute approximate surface area is 175 Å². The van der Waals surface area contributed by atoms with E-state index in [0.717, 1.165) is 0 Å². The zero-order valence-corrected chi connectivity index (χ0v) is 15.9. The predicted octanol–water partition coefficient (Wildman–Crippen LogP) is -0.270. The summed E-state index contributed by atoms with van der Waals surface area (Å²) in [5.41, 5.74) is 0. The average molecular weight is 432 g/mol. The first-order valence-electron chi connectivity index (χ1n) is 7.02. The van der Waals surface area contributed by atoms with Gasteiger partial charge >= 0.3 is 51.9 Å². The molecule has 0 aliphatic carbocycles. The van der Waals surface area contributed by atoms with Crippen LogP contribution >= 0.6 is 0 Å². The quantitative estimate of drug-likeness (QED) is 0.261. The fraction of sp³-hybridized carbons (Fsp3) is 0.833. The molecule has 0 aromatic carbocycles. The summed E-state index contributed by atoms with van der Waals surface area (Å²) in [5, 5.41) is -1.94. The summed E-state index contributed by atoms with van der Waals surface area (Å²) in [6.07, 6.45) is -0.761. The van der Waals surface area contributed by atoms with Gasteiger partial charge in [0.1, 0.15) is 0 Å². The second-order valence-electron chi connectivity index (χ2n) is 5.76. The first-order chi connectivity index (χ1) is 11.0. The van der Waals surface area contributed by atoms with Gasteiger partial charge in [0, 0.05) is 0 Å². The van der Waals surface area contributed by atoms with Crippen LogP contribution < -0.4 is 0 Å². The molecular weight excluding hydrogens is 407 g/mol. The van der Waals surface area contributed by atoms with Crippen molar-refractivity contribution in [3.05, 3.63) is 0 Å². The third-order valence-corrected chi connectivity index (χ3v) is 3.19. The Morgan fingerprint density at radius 2 is 1.19 bits per heavy atom. The number of ether oxygens (including phenoxy) is 2. The van der Waals surface area contributed by atoms with Crippen molar-refractivity contribution in [2.75, 3.05) is 13.2 Å². The molecule has 1 atom stereocenters. The van der Waals surface area contributed by atoms with E-state index >= 15 is 0 Å². The second-order valence-corrected chi connectivity index (χ2v) is 8.25. The number of carbonyl (C=O) groups excluding carboxylic acids is 2. The van der Waals surface area contributed by atoms with Gasteiger partial charge < -0.3 is 9.47 Å². The van der Waals surface area contributed by atoms with Crippen molar-refractivity contribution in [1.82, 2.24) is 0 Å². The molecule has 0 bridgehead atoms. The maximum atomic E-state index is 11.6. The van der Waals surface area contributed by atoms with Crippen LogP contribution in [-0.4, -0.2) is 90.5 Å². The molecule has 0 amide bonds. The van der Waals surface area contributed by atoms with E-state index in [1.165, 1.54) is 0 Å². The summed E-state index contributed by atoms with van der Waals surface area (Å²) >= 11 is 0. The molecule has 0 radical (unpaired) electrons. The second kappa shape index (κ2) is 13.8. The zero-order valence-electron chi connectivity index (χ0n) is 14.3. The summed E-state index contributed by atoms with van der Waals surface area (Å²) in [4.78, 5) is 23.0. The molecule has 0 spiro atoms. The molecule has 0 aromatic rings. The summed E-state index contributed by atoms with van der Waals surface area (Å²) in [7, 11) is -9.39. The molecule has 26 heavy (non-hydrogen) atoms. The fourth-order valence-electron chi connectivity index (χ4n) is 1.12. The van der Waals surface area contributed by atoms with Crippen molar-refractivity contribution in [1.29, 1.82) is 0 Å². The van der Waals surface area contributed by atoms with Crippen LogP contribution in [0.1, 0.15) is 34.1 Å². The Morgan fingerprint density at radius 3 is 1.50 bits per heavy atom. The Kier molecular flexibility index (Phi) is 16.2. The van der Waals surface area contributed by atoms with Gasteiger partial charge in [-0.25, -0.2) is 0 Å². The molecule has 0 saturated heterocycles. The summed E-state index contributed by atoms with van der Waals surface area (Å²) < 4.78 is 72.4. The van der Waals surface area contributed by atoms with Crippen LogP contribution in [0.15, 0.2) is 0 Å². The molecule has 0 aliphatic rings. The Morgan fingerprint density at radius 1 is 0.846 bits per heavy atom. The maximum absolute atomic E-state index is 11.6. The normalized spacial score (nSPS) is 12.5. The van der Waals surface area contributed by atoms with Gasteiger partial charge in [-0.1, -0.05) is 27.7 Å². The van der Waals surface area contributed by atoms with Crippen molar-refractivity contribution in [3.63, 3.8) is 0 Å². The zero-order chi connectivity index (χ0) is 20.4. The van der Waals surface area contributed by atoms with E-state index in [1.807, 2.05) is 13.8 Å². The molecule has 152 valence electrons. The molecule has 14 heteroatoms. The van der Waals surface area contributed by atoms with Crippen molar-refractivity contribution < 1.29 is 49.6 Å². The van der Waals surface area contributed by atoms with Gasteiger partial charge in [0.15, 0.2) is 5.25 Å². The van der Waals surface area contributed by atoms with Crippen LogP contribution in [0.2, 0.25) is 0 Å². The third-order valence-electron chi connectivity index (χ3n) is 2.11. The Balaban J connectivity index is -0.000000772. The number of hydrogen-bond acceptors (Lipinski definition) is 8. The van der Waals surface area contributed by atoms with Gasteiger partial charge in [-0.2, -0.15) is 16.8 Å².